The minimum atomic E-state index is -0.273. The van der Waals surface area contributed by atoms with Gasteiger partial charge in [-0.15, -0.1) is 0 Å². The summed E-state index contributed by atoms with van der Waals surface area (Å²) in [5.41, 5.74) is 4.32. The Hall–Kier alpha value is -4.26. The van der Waals surface area contributed by atoms with Crippen LogP contribution in [0.1, 0.15) is 16.1 Å². The van der Waals surface area contributed by atoms with Gasteiger partial charge < -0.3 is 9.73 Å². The number of aromatic nitrogens is 4. The van der Waals surface area contributed by atoms with Gasteiger partial charge in [0.25, 0.3) is 5.91 Å². The molecule has 7 nitrogen and oxygen atoms in total. The number of benzene rings is 2. The molecule has 3 heterocycles. The molecular formula is C23H17N5O2. The lowest BCUT2D eigenvalue weighted by atomic mass is 10.1. The fourth-order valence-electron chi connectivity index (χ4n) is 3.36. The highest BCUT2D eigenvalue weighted by molar-refractivity contribution is 5.99. The Morgan fingerprint density at radius 2 is 1.67 bits per heavy atom. The van der Waals surface area contributed by atoms with E-state index >= 15 is 0 Å². The molecule has 0 aliphatic carbocycles. The number of rotatable bonds is 5. The van der Waals surface area contributed by atoms with Crippen LogP contribution in [0.5, 0.6) is 0 Å². The number of nitrogens with zero attached hydrogens (tertiary/aromatic N) is 4. The van der Waals surface area contributed by atoms with Crippen molar-refractivity contribution in [1.82, 2.24) is 24.9 Å². The molecule has 1 amide bonds. The lowest BCUT2D eigenvalue weighted by Crippen LogP contribution is -2.23. The van der Waals surface area contributed by atoms with E-state index in [0.717, 1.165) is 16.8 Å². The van der Waals surface area contributed by atoms with Crippen LogP contribution in [0.3, 0.4) is 0 Å². The van der Waals surface area contributed by atoms with Crippen molar-refractivity contribution in [2.24, 2.45) is 0 Å². The zero-order valence-corrected chi connectivity index (χ0v) is 15.9. The Morgan fingerprint density at radius 1 is 0.933 bits per heavy atom. The van der Waals surface area contributed by atoms with Crippen molar-refractivity contribution < 1.29 is 9.21 Å². The van der Waals surface area contributed by atoms with E-state index in [1.54, 1.807) is 10.7 Å². The number of amides is 1. The summed E-state index contributed by atoms with van der Waals surface area (Å²) >= 11 is 0. The molecule has 5 rings (SSSR count). The number of nitrogens with one attached hydrogen (secondary N) is 1. The first-order valence-electron chi connectivity index (χ1n) is 9.45. The minimum Gasteiger partial charge on any atom is -0.443 e. The first kappa shape index (κ1) is 17.8. The summed E-state index contributed by atoms with van der Waals surface area (Å²) in [6, 6.07) is 21.4. The molecule has 146 valence electrons. The van der Waals surface area contributed by atoms with Gasteiger partial charge in [-0.25, -0.2) is 14.5 Å². The quantitative estimate of drug-likeness (QED) is 0.486. The van der Waals surface area contributed by atoms with Crippen LogP contribution >= 0.6 is 0 Å². The average Bonchev–Trinajstić information content (AvgIpc) is 3.46. The Kier molecular flexibility index (Phi) is 4.53. The molecular weight excluding hydrogens is 378 g/mol. The molecule has 0 aliphatic rings. The van der Waals surface area contributed by atoms with E-state index in [-0.39, 0.29) is 12.5 Å². The highest BCUT2D eigenvalue weighted by Crippen LogP contribution is 2.23. The molecule has 0 fully saturated rings. The minimum absolute atomic E-state index is 0.231. The van der Waals surface area contributed by atoms with Gasteiger partial charge in [-0.3, -0.25) is 4.79 Å². The van der Waals surface area contributed by atoms with E-state index in [1.807, 2.05) is 66.7 Å². The molecule has 0 saturated carbocycles. The molecule has 30 heavy (non-hydrogen) atoms. The second kappa shape index (κ2) is 7.63. The van der Waals surface area contributed by atoms with Gasteiger partial charge in [-0.05, 0) is 6.07 Å². The third-order valence-electron chi connectivity index (χ3n) is 4.81. The van der Waals surface area contributed by atoms with Crippen molar-refractivity contribution in [1.29, 1.82) is 0 Å². The largest absolute Gasteiger partial charge is 0.443 e. The first-order valence-corrected chi connectivity index (χ1v) is 9.45. The number of hydrogen-bond acceptors (Lipinski definition) is 5. The number of carbonyl (C=O) groups excluding carboxylic acids is 1. The lowest BCUT2D eigenvalue weighted by Gasteiger charge is -2.06. The Bertz CT molecular complexity index is 1310. The number of hydrogen-bond donors (Lipinski definition) is 1. The van der Waals surface area contributed by atoms with Crippen molar-refractivity contribution in [2.45, 2.75) is 6.54 Å². The van der Waals surface area contributed by atoms with Crippen LogP contribution in [0.25, 0.3) is 28.2 Å². The molecule has 0 radical (unpaired) electrons. The summed E-state index contributed by atoms with van der Waals surface area (Å²) in [4.78, 5) is 21.5. The predicted octanol–water partition coefficient (Wildman–Crippen LogP) is 3.98. The summed E-state index contributed by atoms with van der Waals surface area (Å²) in [6.07, 6.45) is 4.60. The van der Waals surface area contributed by atoms with Crippen molar-refractivity contribution in [2.75, 3.05) is 0 Å². The molecule has 5 aromatic rings. The molecule has 0 unspecified atom stereocenters. The van der Waals surface area contributed by atoms with Gasteiger partial charge in [0.1, 0.15) is 11.3 Å². The molecule has 1 N–H and O–H groups in total. The van der Waals surface area contributed by atoms with Gasteiger partial charge in [-0.2, -0.15) is 5.10 Å². The molecule has 0 bridgehead atoms. The molecule has 0 saturated heterocycles. The molecule has 0 atom stereocenters. The van der Waals surface area contributed by atoms with Crippen molar-refractivity contribution >= 4 is 11.6 Å². The molecule has 3 aromatic heterocycles. The van der Waals surface area contributed by atoms with Crippen molar-refractivity contribution in [3.8, 4) is 22.6 Å². The van der Waals surface area contributed by atoms with Crippen LogP contribution in [0, 0.1) is 0 Å². The Morgan fingerprint density at radius 3 is 2.43 bits per heavy atom. The molecule has 7 heteroatoms. The van der Waals surface area contributed by atoms with Crippen LogP contribution in [0.4, 0.5) is 0 Å². The number of oxazole rings is 1. The maximum Gasteiger partial charge on any atom is 0.257 e. The van der Waals surface area contributed by atoms with E-state index in [0.29, 0.717) is 22.7 Å². The van der Waals surface area contributed by atoms with Crippen LogP contribution in [-0.2, 0) is 6.54 Å². The molecule has 2 aromatic carbocycles. The van der Waals surface area contributed by atoms with Crippen LogP contribution in [0.2, 0.25) is 0 Å². The topological polar surface area (TPSA) is 85.3 Å². The van der Waals surface area contributed by atoms with Crippen molar-refractivity contribution in [3.63, 3.8) is 0 Å². The first-order chi connectivity index (χ1) is 14.8. The van der Waals surface area contributed by atoms with Crippen LogP contribution in [-0.4, -0.2) is 25.5 Å². The zero-order chi connectivity index (χ0) is 20.3. The molecule has 0 aliphatic heterocycles. The highest BCUT2D eigenvalue weighted by Gasteiger charge is 2.18. The summed E-state index contributed by atoms with van der Waals surface area (Å²) in [6.45, 7) is 0.231. The second-order valence-corrected chi connectivity index (χ2v) is 6.67. The van der Waals surface area contributed by atoms with Gasteiger partial charge in [-0.1, -0.05) is 60.7 Å². The smallest absolute Gasteiger partial charge is 0.257 e. The van der Waals surface area contributed by atoms with E-state index in [4.69, 9.17) is 4.42 Å². The van der Waals surface area contributed by atoms with E-state index in [2.05, 4.69) is 20.4 Å². The van der Waals surface area contributed by atoms with Gasteiger partial charge in [0, 0.05) is 17.3 Å². The predicted molar refractivity (Wildman–Crippen MR) is 112 cm³/mol. The Balaban J connectivity index is 1.40. The number of carbonyl (C=O) groups is 1. The summed E-state index contributed by atoms with van der Waals surface area (Å²) in [5, 5.41) is 7.28. The summed E-state index contributed by atoms with van der Waals surface area (Å²) in [7, 11) is 0. The fraction of sp³-hybridized carbons (Fsp3) is 0.0435. The zero-order valence-electron chi connectivity index (χ0n) is 15.9. The van der Waals surface area contributed by atoms with E-state index < -0.39 is 0 Å². The number of fused-ring (bicyclic) bond motifs is 1. The third-order valence-corrected chi connectivity index (χ3v) is 4.81. The SMILES string of the molecule is O=C(NCc1ncoc1-c1ccccc1)c1cnn2c(-c3ccccc3)ccnc12. The fourth-order valence-corrected chi connectivity index (χ4v) is 3.36. The maximum absolute atomic E-state index is 12.8. The third kappa shape index (κ3) is 3.22. The van der Waals surface area contributed by atoms with Crippen LogP contribution in [0.15, 0.2) is 89.9 Å². The normalized spacial score (nSPS) is 10.9. The maximum atomic E-state index is 12.8. The standard InChI is InChI=1S/C23H17N5O2/c29-23(25-14-19-21(30-15-26-19)17-9-5-2-6-10-17)18-13-27-28-20(11-12-24-22(18)28)16-7-3-1-4-8-16/h1-13,15H,14H2,(H,25,29). The Labute approximate surface area is 172 Å². The van der Waals surface area contributed by atoms with E-state index in [1.165, 1.54) is 12.6 Å². The average molecular weight is 395 g/mol. The van der Waals surface area contributed by atoms with E-state index in [9.17, 15) is 4.79 Å². The lowest BCUT2D eigenvalue weighted by molar-refractivity contribution is 0.0952. The van der Waals surface area contributed by atoms with Crippen LogP contribution < -0.4 is 5.32 Å². The highest BCUT2D eigenvalue weighted by atomic mass is 16.3. The van der Waals surface area contributed by atoms with Gasteiger partial charge >= 0.3 is 0 Å². The second-order valence-electron chi connectivity index (χ2n) is 6.67. The summed E-state index contributed by atoms with van der Waals surface area (Å²) in [5.74, 6) is 0.366. The molecule has 0 spiro atoms. The van der Waals surface area contributed by atoms with Gasteiger partial charge in [0.15, 0.2) is 17.8 Å². The summed E-state index contributed by atoms with van der Waals surface area (Å²) < 4.78 is 7.19. The van der Waals surface area contributed by atoms with Crippen molar-refractivity contribution in [3.05, 3.63) is 96.8 Å². The monoisotopic (exact) mass is 395 g/mol. The van der Waals surface area contributed by atoms with Gasteiger partial charge in [0.05, 0.1) is 18.4 Å². The van der Waals surface area contributed by atoms with Gasteiger partial charge in [0.2, 0.25) is 0 Å².